The first-order chi connectivity index (χ1) is 15.9. The predicted octanol–water partition coefficient (Wildman–Crippen LogP) is 6.54. The maximum atomic E-state index is 13.2. The summed E-state index contributed by atoms with van der Waals surface area (Å²) in [7, 11) is 0. The van der Waals surface area contributed by atoms with E-state index >= 15 is 0 Å². The number of anilines is 1. The average Bonchev–Trinajstić information content (AvgIpc) is 3.23. The molecule has 0 N–H and O–H groups in total. The van der Waals surface area contributed by atoms with E-state index in [0.717, 1.165) is 32.8 Å². The van der Waals surface area contributed by atoms with E-state index < -0.39 is 0 Å². The van der Waals surface area contributed by atoms with Crippen LogP contribution in [-0.4, -0.2) is 32.5 Å². The fourth-order valence-corrected chi connectivity index (χ4v) is 4.74. The van der Waals surface area contributed by atoms with E-state index in [0.29, 0.717) is 5.16 Å². The number of benzene rings is 3. The molecule has 0 atom stereocenters. The summed E-state index contributed by atoms with van der Waals surface area (Å²) in [6, 6.07) is 26.0. The SMILES string of the molecule is Cc1cccc(-n2c(SCC(=O)N(c3ccccc3)C(C)C)nnc2-c2ccc(Br)cc2)c1. The number of aryl methyl sites for hydroxylation is 1. The lowest BCUT2D eigenvalue weighted by Crippen LogP contribution is -2.38. The van der Waals surface area contributed by atoms with Crippen molar-refractivity contribution in [3.63, 3.8) is 0 Å². The van der Waals surface area contributed by atoms with Gasteiger partial charge in [-0.15, -0.1) is 10.2 Å². The highest BCUT2D eigenvalue weighted by molar-refractivity contribution is 9.10. The van der Waals surface area contributed by atoms with Crippen LogP contribution in [0.4, 0.5) is 5.69 Å². The predicted molar refractivity (Wildman–Crippen MR) is 139 cm³/mol. The standard InChI is InChI=1S/C26H25BrN4OS/c1-18(2)30(22-9-5-4-6-10-22)24(32)17-33-26-29-28-25(20-12-14-21(27)15-13-20)31(26)23-11-7-8-19(3)16-23/h4-16,18H,17H2,1-3H3. The van der Waals surface area contributed by atoms with Crippen LogP contribution in [0.1, 0.15) is 19.4 Å². The van der Waals surface area contributed by atoms with Gasteiger partial charge in [0.15, 0.2) is 11.0 Å². The molecule has 4 rings (SSSR count). The molecule has 1 amide bonds. The first-order valence-corrected chi connectivity index (χ1v) is 12.5. The van der Waals surface area contributed by atoms with E-state index in [4.69, 9.17) is 0 Å². The van der Waals surface area contributed by atoms with Gasteiger partial charge in [-0.3, -0.25) is 9.36 Å². The van der Waals surface area contributed by atoms with Crippen LogP contribution in [0.25, 0.3) is 17.1 Å². The third-order valence-electron chi connectivity index (χ3n) is 5.14. The lowest BCUT2D eigenvalue weighted by molar-refractivity contribution is -0.116. The van der Waals surface area contributed by atoms with Crippen molar-refractivity contribution in [1.29, 1.82) is 0 Å². The number of rotatable bonds is 7. The molecule has 0 fully saturated rings. The molecular formula is C26H25BrN4OS. The third-order valence-corrected chi connectivity index (χ3v) is 6.58. The van der Waals surface area contributed by atoms with Crippen LogP contribution in [-0.2, 0) is 4.79 Å². The van der Waals surface area contributed by atoms with Crippen molar-refractivity contribution in [1.82, 2.24) is 14.8 Å². The van der Waals surface area contributed by atoms with Crippen molar-refractivity contribution in [2.75, 3.05) is 10.7 Å². The van der Waals surface area contributed by atoms with Crippen LogP contribution in [0.2, 0.25) is 0 Å². The zero-order valence-corrected chi connectivity index (χ0v) is 21.2. The highest BCUT2D eigenvalue weighted by atomic mass is 79.9. The maximum Gasteiger partial charge on any atom is 0.237 e. The van der Waals surface area contributed by atoms with E-state index in [9.17, 15) is 4.79 Å². The van der Waals surface area contributed by atoms with Gasteiger partial charge in [0.1, 0.15) is 0 Å². The number of carbonyl (C=O) groups excluding carboxylic acids is 1. The molecule has 0 aliphatic rings. The van der Waals surface area contributed by atoms with Crippen LogP contribution >= 0.6 is 27.7 Å². The molecule has 7 heteroatoms. The number of amides is 1. The van der Waals surface area contributed by atoms with Gasteiger partial charge in [-0.2, -0.15) is 0 Å². The number of para-hydroxylation sites is 1. The van der Waals surface area contributed by atoms with Crippen molar-refractivity contribution in [3.05, 3.63) is 88.9 Å². The summed E-state index contributed by atoms with van der Waals surface area (Å²) in [5.41, 5.74) is 3.97. The molecule has 4 aromatic rings. The molecule has 0 aliphatic heterocycles. The average molecular weight is 521 g/mol. The molecule has 0 spiro atoms. The van der Waals surface area contributed by atoms with Gasteiger partial charge in [-0.1, -0.05) is 70.2 Å². The summed E-state index contributed by atoms with van der Waals surface area (Å²) in [5.74, 6) is 1.04. The number of hydrogen-bond acceptors (Lipinski definition) is 4. The maximum absolute atomic E-state index is 13.2. The van der Waals surface area contributed by atoms with Gasteiger partial charge in [0.25, 0.3) is 0 Å². The number of aromatic nitrogens is 3. The smallest absolute Gasteiger partial charge is 0.237 e. The van der Waals surface area contributed by atoms with Gasteiger partial charge in [0, 0.05) is 27.5 Å². The second-order valence-corrected chi connectivity index (χ2v) is 9.83. The van der Waals surface area contributed by atoms with Crippen molar-refractivity contribution < 1.29 is 4.79 Å². The van der Waals surface area contributed by atoms with E-state index in [-0.39, 0.29) is 17.7 Å². The zero-order valence-electron chi connectivity index (χ0n) is 18.8. The minimum Gasteiger partial charge on any atom is -0.309 e. The van der Waals surface area contributed by atoms with Gasteiger partial charge in [-0.25, -0.2) is 0 Å². The Morgan fingerprint density at radius 2 is 1.73 bits per heavy atom. The number of hydrogen-bond donors (Lipinski definition) is 0. The van der Waals surface area contributed by atoms with Crippen molar-refractivity contribution in [2.24, 2.45) is 0 Å². The van der Waals surface area contributed by atoms with Gasteiger partial charge in [0.2, 0.25) is 5.91 Å². The second kappa shape index (κ2) is 10.4. The summed E-state index contributed by atoms with van der Waals surface area (Å²) < 4.78 is 3.03. The molecule has 0 bridgehead atoms. The fourth-order valence-electron chi connectivity index (χ4n) is 3.66. The van der Waals surface area contributed by atoms with Gasteiger partial charge in [-0.05, 0) is 62.7 Å². The van der Waals surface area contributed by atoms with Crippen molar-refractivity contribution in [2.45, 2.75) is 32.0 Å². The first-order valence-electron chi connectivity index (χ1n) is 10.7. The number of nitrogens with zero attached hydrogens (tertiary/aromatic N) is 4. The largest absolute Gasteiger partial charge is 0.309 e. The molecule has 5 nitrogen and oxygen atoms in total. The topological polar surface area (TPSA) is 51.0 Å². The second-order valence-electron chi connectivity index (χ2n) is 7.97. The molecule has 3 aromatic carbocycles. The van der Waals surface area contributed by atoms with Gasteiger partial charge in [0.05, 0.1) is 5.75 Å². The molecule has 0 saturated heterocycles. The Bertz CT molecular complexity index is 1240. The molecule has 33 heavy (non-hydrogen) atoms. The quantitative estimate of drug-likeness (QED) is 0.259. The Morgan fingerprint density at radius 3 is 2.39 bits per heavy atom. The minimum absolute atomic E-state index is 0.0326. The number of thioether (sulfide) groups is 1. The Labute approximate surface area is 207 Å². The van der Waals surface area contributed by atoms with E-state index in [1.54, 1.807) is 0 Å². The Hall–Kier alpha value is -2.90. The van der Waals surface area contributed by atoms with Crippen LogP contribution in [0.15, 0.2) is 88.5 Å². The first kappa shape index (κ1) is 23.3. The number of halogens is 1. The van der Waals surface area contributed by atoms with Crippen LogP contribution in [0.5, 0.6) is 0 Å². The summed E-state index contributed by atoms with van der Waals surface area (Å²) in [6.45, 7) is 6.11. The Balaban J connectivity index is 1.66. The molecule has 168 valence electrons. The fraction of sp³-hybridized carbons (Fsp3) is 0.192. The summed E-state index contributed by atoms with van der Waals surface area (Å²) in [5, 5.41) is 9.64. The minimum atomic E-state index is 0.0326. The number of carbonyl (C=O) groups is 1. The molecular weight excluding hydrogens is 496 g/mol. The van der Waals surface area contributed by atoms with Crippen LogP contribution in [0, 0.1) is 6.92 Å². The van der Waals surface area contributed by atoms with Crippen molar-refractivity contribution >= 4 is 39.3 Å². The normalized spacial score (nSPS) is 11.1. The van der Waals surface area contributed by atoms with E-state index in [2.05, 4.69) is 45.2 Å². The molecule has 1 heterocycles. The monoisotopic (exact) mass is 520 g/mol. The van der Waals surface area contributed by atoms with E-state index in [1.807, 2.05) is 90.0 Å². The Kier molecular flexibility index (Phi) is 7.30. The molecule has 0 aliphatic carbocycles. The lowest BCUT2D eigenvalue weighted by atomic mass is 10.2. The van der Waals surface area contributed by atoms with Gasteiger partial charge < -0.3 is 4.90 Å². The van der Waals surface area contributed by atoms with Gasteiger partial charge >= 0.3 is 0 Å². The summed E-state index contributed by atoms with van der Waals surface area (Å²) in [4.78, 5) is 15.0. The summed E-state index contributed by atoms with van der Waals surface area (Å²) in [6.07, 6.45) is 0. The third kappa shape index (κ3) is 5.37. The summed E-state index contributed by atoms with van der Waals surface area (Å²) >= 11 is 4.90. The molecule has 1 aromatic heterocycles. The zero-order chi connectivity index (χ0) is 23.4. The van der Waals surface area contributed by atoms with Crippen LogP contribution < -0.4 is 4.90 Å². The molecule has 0 radical (unpaired) electrons. The van der Waals surface area contributed by atoms with Crippen molar-refractivity contribution in [3.8, 4) is 17.1 Å². The molecule has 0 saturated carbocycles. The molecule has 0 unspecified atom stereocenters. The van der Waals surface area contributed by atoms with Crippen LogP contribution in [0.3, 0.4) is 0 Å². The highest BCUT2D eigenvalue weighted by Crippen LogP contribution is 2.30. The highest BCUT2D eigenvalue weighted by Gasteiger charge is 2.22. The lowest BCUT2D eigenvalue weighted by Gasteiger charge is -2.26. The Morgan fingerprint density at radius 1 is 1.00 bits per heavy atom. The van der Waals surface area contributed by atoms with E-state index in [1.165, 1.54) is 11.8 Å².